The summed E-state index contributed by atoms with van der Waals surface area (Å²) in [4.78, 5) is 26.8. The largest absolute Gasteiger partial charge is 0.335 e. The predicted octanol–water partition coefficient (Wildman–Crippen LogP) is 4.38. The van der Waals surface area contributed by atoms with Crippen LogP contribution in [-0.4, -0.2) is 51.4 Å². The van der Waals surface area contributed by atoms with Gasteiger partial charge in [-0.1, -0.05) is 11.3 Å². The molecule has 0 saturated carbocycles. The number of hydrogen-bond acceptors (Lipinski definition) is 7. The van der Waals surface area contributed by atoms with Crippen LogP contribution in [0.5, 0.6) is 0 Å². The summed E-state index contributed by atoms with van der Waals surface area (Å²) in [5, 5.41) is 10.6. The Morgan fingerprint density at radius 2 is 1.89 bits per heavy atom. The molecule has 9 nitrogen and oxygen atoms in total. The van der Waals surface area contributed by atoms with Gasteiger partial charge in [0, 0.05) is 48.7 Å². The van der Waals surface area contributed by atoms with Gasteiger partial charge in [-0.3, -0.25) is 9.69 Å². The van der Waals surface area contributed by atoms with Crippen molar-refractivity contribution in [3.63, 3.8) is 0 Å². The smallest absolute Gasteiger partial charge is 0.253 e. The molecule has 9 heteroatoms. The van der Waals surface area contributed by atoms with E-state index in [9.17, 15) is 4.79 Å². The lowest BCUT2D eigenvalue weighted by atomic mass is 10.0. The van der Waals surface area contributed by atoms with Crippen LogP contribution >= 0.6 is 0 Å². The Kier molecular flexibility index (Phi) is 6.65. The Morgan fingerprint density at radius 3 is 2.61 bits per heavy atom. The highest BCUT2D eigenvalue weighted by molar-refractivity contribution is 5.95. The van der Waals surface area contributed by atoms with Gasteiger partial charge in [-0.2, -0.15) is 0 Å². The maximum absolute atomic E-state index is 13.0. The molecule has 1 aromatic heterocycles. The van der Waals surface area contributed by atoms with Crippen LogP contribution in [0.25, 0.3) is 0 Å². The van der Waals surface area contributed by atoms with Crippen LogP contribution in [-0.2, 0) is 13.0 Å². The van der Waals surface area contributed by atoms with E-state index < -0.39 is 0 Å². The van der Waals surface area contributed by atoms with E-state index in [1.807, 2.05) is 24.1 Å². The summed E-state index contributed by atoms with van der Waals surface area (Å²) in [6.07, 6.45) is 3.92. The molecule has 2 aromatic carbocycles. The van der Waals surface area contributed by atoms with Crippen molar-refractivity contribution in [3.8, 4) is 0 Å². The third kappa shape index (κ3) is 5.06. The molecule has 36 heavy (non-hydrogen) atoms. The van der Waals surface area contributed by atoms with Crippen molar-refractivity contribution in [1.82, 2.24) is 19.8 Å². The van der Waals surface area contributed by atoms with Crippen LogP contribution in [0.2, 0.25) is 0 Å². The summed E-state index contributed by atoms with van der Waals surface area (Å²) < 4.78 is 0. The molecule has 1 fully saturated rings. The molecule has 1 amide bonds. The van der Waals surface area contributed by atoms with Gasteiger partial charge >= 0.3 is 0 Å². The quantitative estimate of drug-likeness (QED) is 0.316. The molecule has 3 heterocycles. The average Bonchev–Trinajstić information content (AvgIpc) is 3.01. The van der Waals surface area contributed by atoms with E-state index in [1.165, 1.54) is 16.7 Å². The summed E-state index contributed by atoms with van der Waals surface area (Å²) >= 11 is 0. The highest BCUT2D eigenvalue weighted by Gasteiger charge is 2.36. The molecular formula is C27H32N8O. The van der Waals surface area contributed by atoms with Crippen molar-refractivity contribution in [2.45, 2.75) is 46.2 Å². The molecule has 0 radical (unpaired) electrons. The van der Waals surface area contributed by atoms with Gasteiger partial charge < -0.3 is 16.1 Å². The van der Waals surface area contributed by atoms with Crippen LogP contribution in [0.1, 0.15) is 44.7 Å². The summed E-state index contributed by atoms with van der Waals surface area (Å²) in [5.41, 5.74) is 7.93. The van der Waals surface area contributed by atoms with E-state index in [-0.39, 0.29) is 5.91 Å². The topological polar surface area (TPSA) is 112 Å². The number of nitrogens with zero attached hydrogens (tertiary/aromatic N) is 6. The molecule has 0 aliphatic carbocycles. The van der Waals surface area contributed by atoms with Crippen molar-refractivity contribution in [1.29, 1.82) is 0 Å². The second kappa shape index (κ2) is 10.0. The summed E-state index contributed by atoms with van der Waals surface area (Å²) in [6.45, 7) is 9.33. The molecule has 1 saturated heterocycles. The molecule has 5 rings (SSSR count). The highest BCUT2D eigenvalue weighted by Crippen LogP contribution is 2.27. The van der Waals surface area contributed by atoms with E-state index in [4.69, 9.17) is 10.8 Å². The normalized spacial score (nSPS) is 16.5. The molecule has 2 aliphatic heterocycles. The third-order valence-electron chi connectivity index (χ3n) is 6.94. The van der Waals surface area contributed by atoms with Gasteiger partial charge in [-0.15, -0.1) is 5.11 Å². The van der Waals surface area contributed by atoms with Gasteiger partial charge in [0.2, 0.25) is 5.95 Å². The molecule has 3 N–H and O–H groups in total. The monoisotopic (exact) mass is 484 g/mol. The first kappa shape index (κ1) is 23.9. The zero-order valence-corrected chi connectivity index (χ0v) is 21.0. The number of aryl methyl sites for hydroxylation is 4. The van der Waals surface area contributed by atoms with Gasteiger partial charge in [0.1, 0.15) is 0 Å². The minimum absolute atomic E-state index is 0.0474. The minimum atomic E-state index is 0.0474. The first-order valence-corrected chi connectivity index (χ1v) is 12.3. The van der Waals surface area contributed by atoms with Crippen molar-refractivity contribution in [2.75, 3.05) is 25.0 Å². The maximum Gasteiger partial charge on any atom is 0.253 e. The number of benzene rings is 2. The Bertz CT molecular complexity index is 1290. The SMILES string of the molecule is Cc1cc(C)cc(Nc2ncc3c(n2)CCCN(C2CN(C(=O)c4ccc(N=NN)c(C)c4)C2)C3)c1. The Hall–Kier alpha value is -3.85. The molecule has 0 spiro atoms. The number of aromatic nitrogens is 2. The molecule has 3 aromatic rings. The lowest BCUT2D eigenvalue weighted by Crippen LogP contribution is -2.60. The van der Waals surface area contributed by atoms with E-state index in [0.29, 0.717) is 23.2 Å². The lowest BCUT2D eigenvalue weighted by Gasteiger charge is -2.45. The van der Waals surface area contributed by atoms with E-state index in [1.54, 1.807) is 12.1 Å². The molecule has 0 atom stereocenters. The van der Waals surface area contributed by atoms with Crippen LogP contribution in [0.15, 0.2) is 52.9 Å². The van der Waals surface area contributed by atoms with Gasteiger partial charge in [0.15, 0.2) is 0 Å². The first-order valence-electron chi connectivity index (χ1n) is 12.3. The second-order valence-corrected chi connectivity index (χ2v) is 9.82. The summed E-state index contributed by atoms with van der Waals surface area (Å²) in [7, 11) is 0. The van der Waals surface area contributed by atoms with Gasteiger partial charge in [-0.25, -0.2) is 9.97 Å². The van der Waals surface area contributed by atoms with E-state index >= 15 is 0 Å². The van der Waals surface area contributed by atoms with E-state index in [0.717, 1.165) is 56.0 Å². The number of amides is 1. The highest BCUT2D eigenvalue weighted by atomic mass is 16.2. The molecule has 0 unspecified atom stereocenters. The minimum Gasteiger partial charge on any atom is -0.335 e. The predicted molar refractivity (Wildman–Crippen MR) is 140 cm³/mol. The zero-order valence-electron chi connectivity index (χ0n) is 21.0. The lowest BCUT2D eigenvalue weighted by molar-refractivity contribution is 0.0241. The van der Waals surface area contributed by atoms with Crippen molar-refractivity contribution in [3.05, 3.63) is 76.1 Å². The number of carbonyl (C=O) groups is 1. The summed E-state index contributed by atoms with van der Waals surface area (Å²) in [6, 6.07) is 12.1. The fourth-order valence-electron chi connectivity index (χ4n) is 5.08. The number of rotatable bonds is 5. The maximum atomic E-state index is 13.0. The average molecular weight is 485 g/mol. The van der Waals surface area contributed by atoms with Crippen molar-refractivity contribution in [2.24, 2.45) is 16.2 Å². The van der Waals surface area contributed by atoms with Gasteiger partial charge in [0.25, 0.3) is 5.91 Å². The number of carbonyl (C=O) groups excluding carboxylic acids is 1. The van der Waals surface area contributed by atoms with Gasteiger partial charge in [-0.05, 0) is 87.2 Å². The fourth-order valence-corrected chi connectivity index (χ4v) is 5.08. The number of nitrogens with two attached hydrogens (primary N) is 1. The number of fused-ring (bicyclic) bond motifs is 1. The van der Waals surface area contributed by atoms with Crippen molar-refractivity contribution >= 4 is 23.2 Å². The molecule has 2 aliphatic rings. The van der Waals surface area contributed by atoms with Crippen LogP contribution in [0.4, 0.5) is 17.3 Å². The second-order valence-electron chi connectivity index (χ2n) is 9.82. The zero-order chi connectivity index (χ0) is 25.2. The number of anilines is 2. The van der Waals surface area contributed by atoms with Crippen molar-refractivity contribution < 1.29 is 4.79 Å². The standard InChI is InChI=1S/C27H32N8O/c1-17-9-18(2)11-22(10-17)30-27-29-13-21-14-34(8-4-5-25(21)31-27)23-15-35(16-23)26(36)20-6-7-24(32-33-28)19(3)12-20/h6-7,9-13,23H,4-5,8,14-16H2,1-3H3,(H2,28,32)(H,29,30,31). The number of hydrogen-bond donors (Lipinski definition) is 2. The molecular weight excluding hydrogens is 452 g/mol. The number of nitrogens with one attached hydrogen (secondary N) is 1. The molecule has 0 bridgehead atoms. The Labute approximate surface area is 211 Å². The Morgan fingerprint density at radius 1 is 1.11 bits per heavy atom. The third-order valence-corrected chi connectivity index (χ3v) is 6.94. The van der Waals surface area contributed by atoms with Gasteiger partial charge in [0.05, 0.1) is 11.4 Å². The first-order chi connectivity index (χ1) is 17.4. The number of likely N-dealkylation sites (tertiary alicyclic amines) is 1. The molecule has 186 valence electrons. The summed E-state index contributed by atoms with van der Waals surface area (Å²) in [5.74, 6) is 5.84. The fraction of sp³-hybridized carbons (Fsp3) is 0.370. The van der Waals surface area contributed by atoms with E-state index in [2.05, 4.69) is 57.6 Å². The van der Waals surface area contributed by atoms with Crippen LogP contribution in [0.3, 0.4) is 0 Å². The Balaban J connectivity index is 1.21. The van der Waals surface area contributed by atoms with Crippen LogP contribution < -0.4 is 11.2 Å². The van der Waals surface area contributed by atoms with Crippen LogP contribution in [0, 0.1) is 20.8 Å².